The van der Waals surface area contributed by atoms with Gasteiger partial charge < -0.3 is 41.1 Å². The Kier molecular flexibility index (Phi) is 13.8. The number of thiazole rings is 1. The van der Waals surface area contributed by atoms with Crippen LogP contribution in [0.2, 0.25) is 0 Å². The number of amides is 3. The number of nitrogen functional groups attached to an aromatic ring is 1. The molecule has 354 valence electrons. The predicted octanol–water partition coefficient (Wildman–Crippen LogP) is 5.56. The van der Waals surface area contributed by atoms with Crippen molar-refractivity contribution in [3.05, 3.63) is 100 Å². The van der Waals surface area contributed by atoms with E-state index in [1.807, 2.05) is 49.4 Å². The van der Waals surface area contributed by atoms with Gasteiger partial charge in [-0.25, -0.2) is 13.8 Å². The Labute approximate surface area is 392 Å². The monoisotopic (exact) mass is 937 g/mol. The number of aliphatic hydroxyl groups is 1. The van der Waals surface area contributed by atoms with Crippen molar-refractivity contribution in [3.63, 3.8) is 0 Å². The van der Waals surface area contributed by atoms with Crippen LogP contribution in [0.3, 0.4) is 0 Å². The van der Waals surface area contributed by atoms with Crippen LogP contribution in [-0.2, 0) is 33.9 Å². The fourth-order valence-corrected chi connectivity index (χ4v) is 9.38. The van der Waals surface area contributed by atoms with Crippen LogP contribution in [0.4, 0.5) is 20.3 Å². The standard InChI is InChI=1S/C49H57F2N9O6S/c1-29-42(67-28-54-29)31-11-12-32(25-53-45(63)39-23-34(61)27-60(39)46(64)43(48(2,3)4)55-47(65)49(51)14-15-49)41(22-31)66-20-13-30-9-10-33(36(50)21-30)26-58-16-18-59(19-17-58)38-24-37(56-57-44(38)52)35-7-5-6-8-40(35)62/h5-12,21-22,24,28,34,39,43,61-62H,13-20,23,25-27H2,1-4H3,(H2,52,57)(H,53,63)(H,55,65). The molecule has 18 heteroatoms. The van der Waals surface area contributed by atoms with Crippen molar-refractivity contribution in [1.82, 2.24) is 35.6 Å². The number of likely N-dealkylation sites (tertiary alicyclic amines) is 1. The quantitative estimate of drug-likeness (QED) is 0.0878. The highest BCUT2D eigenvalue weighted by atomic mass is 32.1. The third-order valence-corrected chi connectivity index (χ3v) is 13.7. The molecule has 1 saturated carbocycles. The second kappa shape index (κ2) is 19.5. The molecule has 4 heterocycles. The number of nitrogens with one attached hydrogen (secondary N) is 2. The molecule has 2 aliphatic heterocycles. The molecule has 2 saturated heterocycles. The van der Waals surface area contributed by atoms with E-state index in [9.17, 15) is 29.0 Å². The zero-order valence-corrected chi connectivity index (χ0v) is 38.9. The fraction of sp³-hybridized carbons (Fsp3) is 0.429. The van der Waals surface area contributed by atoms with E-state index in [0.29, 0.717) is 73.1 Å². The lowest BCUT2D eigenvalue weighted by molar-refractivity contribution is -0.145. The van der Waals surface area contributed by atoms with E-state index in [-0.39, 0.29) is 50.5 Å². The highest BCUT2D eigenvalue weighted by molar-refractivity contribution is 7.13. The van der Waals surface area contributed by atoms with E-state index in [1.54, 1.807) is 44.5 Å². The molecule has 5 aromatic rings. The summed E-state index contributed by atoms with van der Waals surface area (Å²) >= 11 is 1.49. The van der Waals surface area contributed by atoms with Crippen LogP contribution in [0.25, 0.3) is 21.7 Å². The number of alkyl halides is 1. The van der Waals surface area contributed by atoms with Crippen molar-refractivity contribution in [2.24, 2.45) is 5.41 Å². The summed E-state index contributed by atoms with van der Waals surface area (Å²) in [4.78, 5) is 51.4. The number of aromatic nitrogens is 3. The number of aromatic hydroxyl groups is 1. The van der Waals surface area contributed by atoms with Gasteiger partial charge in [0.15, 0.2) is 11.5 Å². The third-order valence-electron chi connectivity index (χ3n) is 12.7. The van der Waals surface area contributed by atoms with Gasteiger partial charge in [0.1, 0.15) is 29.4 Å². The number of anilines is 2. The van der Waals surface area contributed by atoms with Crippen LogP contribution >= 0.6 is 11.3 Å². The summed E-state index contributed by atoms with van der Waals surface area (Å²) in [6.45, 7) is 10.4. The lowest BCUT2D eigenvalue weighted by Gasteiger charge is -2.36. The lowest BCUT2D eigenvalue weighted by Crippen LogP contribution is -2.59. The topological polar surface area (TPSA) is 199 Å². The van der Waals surface area contributed by atoms with E-state index >= 15 is 4.39 Å². The molecule has 3 aliphatic rings. The van der Waals surface area contributed by atoms with E-state index in [1.165, 1.54) is 22.3 Å². The Hall–Kier alpha value is -6.24. The first kappa shape index (κ1) is 47.3. The number of ether oxygens (including phenoxy) is 1. The molecule has 15 nitrogen and oxygen atoms in total. The number of hydrogen-bond acceptors (Lipinski definition) is 13. The molecule has 0 spiro atoms. The number of aryl methyl sites for hydroxylation is 1. The minimum absolute atomic E-state index is 0.00220. The third kappa shape index (κ3) is 10.8. The van der Waals surface area contributed by atoms with Crippen molar-refractivity contribution in [2.45, 2.75) is 90.3 Å². The number of aliphatic hydroxyl groups excluding tert-OH is 1. The number of nitrogens with two attached hydrogens (primary N) is 1. The molecule has 8 rings (SSSR count). The number of nitrogens with zero attached hydrogens (tertiary/aromatic N) is 6. The molecule has 3 fully saturated rings. The number of halogens is 2. The van der Waals surface area contributed by atoms with Gasteiger partial charge in [-0.3, -0.25) is 19.3 Å². The van der Waals surface area contributed by atoms with Gasteiger partial charge in [-0.2, -0.15) is 0 Å². The first-order valence-corrected chi connectivity index (χ1v) is 23.4. The highest BCUT2D eigenvalue weighted by Gasteiger charge is 2.53. The summed E-state index contributed by atoms with van der Waals surface area (Å²) in [5.74, 6) is -1.29. The lowest BCUT2D eigenvalue weighted by atomic mass is 9.85. The van der Waals surface area contributed by atoms with Gasteiger partial charge in [-0.1, -0.05) is 57.2 Å². The predicted molar refractivity (Wildman–Crippen MR) is 251 cm³/mol. The second-order valence-corrected chi connectivity index (χ2v) is 19.6. The van der Waals surface area contributed by atoms with Crippen molar-refractivity contribution >= 4 is 40.6 Å². The molecule has 0 radical (unpaired) electrons. The largest absolute Gasteiger partial charge is 0.507 e. The van der Waals surface area contributed by atoms with Crippen molar-refractivity contribution in [1.29, 1.82) is 0 Å². The Morgan fingerprint density at radius 2 is 1.76 bits per heavy atom. The summed E-state index contributed by atoms with van der Waals surface area (Å²) in [7, 11) is 0. The Bertz CT molecular complexity index is 2630. The van der Waals surface area contributed by atoms with Gasteiger partial charge in [-0.05, 0) is 66.6 Å². The molecule has 1 aliphatic carbocycles. The number of β-amino-alcohol motifs (C(OH)–C–C–N with tert-alkyl or cyclic N) is 1. The minimum atomic E-state index is -1.99. The van der Waals surface area contributed by atoms with Crippen LogP contribution in [0.15, 0.2) is 72.2 Å². The summed E-state index contributed by atoms with van der Waals surface area (Å²) in [6, 6.07) is 17.6. The van der Waals surface area contributed by atoms with E-state index in [2.05, 4.69) is 35.6 Å². The van der Waals surface area contributed by atoms with Gasteiger partial charge in [0, 0.05) is 75.3 Å². The molecule has 3 atom stereocenters. The van der Waals surface area contributed by atoms with Crippen molar-refractivity contribution < 1.29 is 38.1 Å². The fourth-order valence-electron chi connectivity index (χ4n) is 8.58. The number of phenolic OH excluding ortho intramolecular Hbond substituents is 1. The second-order valence-electron chi connectivity index (χ2n) is 18.7. The van der Waals surface area contributed by atoms with Gasteiger partial charge in [-0.15, -0.1) is 21.5 Å². The van der Waals surface area contributed by atoms with Gasteiger partial charge in [0.25, 0.3) is 5.91 Å². The van der Waals surface area contributed by atoms with Crippen LogP contribution < -0.4 is 26.0 Å². The van der Waals surface area contributed by atoms with Crippen LogP contribution in [0.1, 0.15) is 62.4 Å². The molecule has 3 amide bonds. The average molecular weight is 938 g/mol. The highest BCUT2D eigenvalue weighted by Crippen LogP contribution is 2.41. The molecular formula is C49H57F2N9O6S. The Morgan fingerprint density at radius 3 is 2.45 bits per heavy atom. The number of rotatable bonds is 15. The van der Waals surface area contributed by atoms with Crippen LogP contribution in [0, 0.1) is 18.2 Å². The number of hydrogen-bond donors (Lipinski definition) is 5. The molecule has 6 N–H and O–H groups in total. The van der Waals surface area contributed by atoms with Gasteiger partial charge in [0.2, 0.25) is 11.8 Å². The van der Waals surface area contributed by atoms with Crippen molar-refractivity contribution in [3.8, 4) is 33.2 Å². The normalized spacial score (nSPS) is 18.7. The Balaban J connectivity index is 0.886. The summed E-state index contributed by atoms with van der Waals surface area (Å²) in [5, 5.41) is 34.8. The number of piperazine rings is 1. The summed E-state index contributed by atoms with van der Waals surface area (Å²) in [6.07, 6.45) is -0.377. The SMILES string of the molecule is Cc1ncsc1-c1ccc(CNC(=O)C2CC(O)CN2C(=O)C(NC(=O)C2(F)CC2)C(C)(C)C)c(OCCc2ccc(CN3CCN(c4cc(-c5ccccc5O)nnc4N)CC3)c(F)c2)c1. The number of para-hydroxylation sites is 1. The first-order valence-electron chi connectivity index (χ1n) is 22.6. The molecular weight excluding hydrogens is 881 g/mol. The minimum Gasteiger partial charge on any atom is -0.507 e. The van der Waals surface area contributed by atoms with Crippen LogP contribution in [-0.4, -0.2) is 116 Å². The molecule has 3 unspecified atom stereocenters. The summed E-state index contributed by atoms with van der Waals surface area (Å²) < 4.78 is 36.7. The molecule has 2 aromatic heterocycles. The zero-order chi connectivity index (χ0) is 47.6. The van der Waals surface area contributed by atoms with Crippen molar-refractivity contribution in [2.75, 3.05) is 50.0 Å². The maximum absolute atomic E-state index is 15.7. The smallest absolute Gasteiger partial charge is 0.258 e. The van der Waals surface area contributed by atoms with E-state index in [4.69, 9.17) is 10.5 Å². The molecule has 67 heavy (non-hydrogen) atoms. The molecule has 0 bridgehead atoms. The van der Waals surface area contributed by atoms with Gasteiger partial charge in [0.05, 0.1) is 40.2 Å². The number of carbonyl (C=O) groups is 3. The summed E-state index contributed by atoms with van der Waals surface area (Å²) in [5.41, 5.74) is 10.8. The first-order chi connectivity index (χ1) is 32.0. The zero-order valence-electron chi connectivity index (χ0n) is 38.1. The van der Waals surface area contributed by atoms with Gasteiger partial charge >= 0.3 is 0 Å². The van der Waals surface area contributed by atoms with E-state index < -0.39 is 47.0 Å². The number of carbonyl (C=O) groups excluding carboxylic acids is 3. The maximum atomic E-state index is 15.7. The number of phenols is 1. The molecule has 3 aromatic carbocycles. The van der Waals surface area contributed by atoms with Crippen LogP contribution in [0.5, 0.6) is 11.5 Å². The van der Waals surface area contributed by atoms with E-state index in [0.717, 1.165) is 27.4 Å². The average Bonchev–Trinajstić information content (AvgIpc) is 3.71. The Morgan fingerprint density at radius 1 is 1.01 bits per heavy atom. The number of benzene rings is 3. The maximum Gasteiger partial charge on any atom is 0.258 e.